The average molecular weight is 295 g/mol. The van der Waals surface area contributed by atoms with Crippen molar-refractivity contribution in [3.8, 4) is 5.75 Å². The Morgan fingerprint density at radius 2 is 1.85 bits per heavy atom. The van der Waals surface area contributed by atoms with Gasteiger partial charge in [0.15, 0.2) is 0 Å². The van der Waals surface area contributed by atoms with Gasteiger partial charge in [-0.15, -0.1) is 0 Å². The molecule has 2 aromatic rings. The Balaban J connectivity index is 2.51. The summed E-state index contributed by atoms with van der Waals surface area (Å²) in [5.41, 5.74) is 2.53. The molecule has 0 saturated carbocycles. The summed E-state index contributed by atoms with van der Waals surface area (Å²) < 4.78 is 19.2. The fourth-order valence-corrected chi connectivity index (χ4v) is 2.41. The van der Waals surface area contributed by atoms with E-state index in [1.165, 1.54) is 12.1 Å². The van der Waals surface area contributed by atoms with Crippen LogP contribution in [0, 0.1) is 19.7 Å². The van der Waals surface area contributed by atoms with Gasteiger partial charge in [0.2, 0.25) is 0 Å². The largest absolute Gasteiger partial charge is 0.496 e. The molecule has 1 unspecified atom stereocenters. The normalized spacial score (nSPS) is 12.3. The lowest BCUT2D eigenvalue weighted by atomic mass is 9.95. The van der Waals surface area contributed by atoms with Crippen LogP contribution in [-0.2, 0) is 0 Å². The van der Waals surface area contributed by atoms with E-state index in [0.717, 1.165) is 16.9 Å². The van der Waals surface area contributed by atoms with Gasteiger partial charge in [0.1, 0.15) is 17.7 Å². The van der Waals surface area contributed by atoms with Gasteiger partial charge in [-0.2, -0.15) is 0 Å². The summed E-state index contributed by atoms with van der Waals surface area (Å²) in [5, 5.41) is 10.4. The van der Waals surface area contributed by atoms with Crippen molar-refractivity contribution in [3.63, 3.8) is 0 Å². The number of benzene rings is 2. The molecular formula is C16H16ClFO2. The lowest BCUT2D eigenvalue weighted by Crippen LogP contribution is -2.06. The van der Waals surface area contributed by atoms with Crippen LogP contribution >= 0.6 is 11.6 Å². The zero-order valence-electron chi connectivity index (χ0n) is 11.6. The van der Waals surface area contributed by atoms with Gasteiger partial charge in [0, 0.05) is 5.56 Å². The van der Waals surface area contributed by atoms with Crippen LogP contribution in [-0.4, -0.2) is 12.2 Å². The number of aliphatic hydroxyl groups is 1. The van der Waals surface area contributed by atoms with E-state index in [1.54, 1.807) is 19.2 Å². The van der Waals surface area contributed by atoms with E-state index >= 15 is 0 Å². The van der Waals surface area contributed by atoms with Gasteiger partial charge in [0.05, 0.1) is 12.1 Å². The first kappa shape index (κ1) is 14.8. The van der Waals surface area contributed by atoms with Crippen molar-refractivity contribution < 1.29 is 14.2 Å². The molecule has 0 heterocycles. The standard InChI is InChI=1S/C16H16ClFO2/c1-9-8-14(20-3)10(2)7-12(9)16(19)11-5-4-6-13(17)15(11)18/h4-8,16,19H,1-3H3. The van der Waals surface area contributed by atoms with E-state index in [0.29, 0.717) is 5.56 Å². The summed E-state index contributed by atoms with van der Waals surface area (Å²) in [5.74, 6) is 0.152. The minimum Gasteiger partial charge on any atom is -0.496 e. The minimum absolute atomic E-state index is 0.00411. The van der Waals surface area contributed by atoms with Crippen LogP contribution < -0.4 is 4.74 Å². The molecule has 4 heteroatoms. The number of aryl methyl sites for hydroxylation is 2. The molecule has 1 N–H and O–H groups in total. The highest BCUT2D eigenvalue weighted by Gasteiger charge is 2.19. The summed E-state index contributed by atoms with van der Waals surface area (Å²) in [6.45, 7) is 3.73. The first-order valence-corrected chi connectivity index (χ1v) is 6.60. The Bertz CT molecular complexity index is 641. The fraction of sp³-hybridized carbons (Fsp3) is 0.250. The molecule has 106 valence electrons. The molecule has 0 aliphatic carbocycles. The summed E-state index contributed by atoms with van der Waals surface area (Å²) >= 11 is 5.76. The summed E-state index contributed by atoms with van der Waals surface area (Å²) in [4.78, 5) is 0. The molecule has 0 aliphatic rings. The highest BCUT2D eigenvalue weighted by molar-refractivity contribution is 6.30. The number of halogens is 2. The van der Waals surface area contributed by atoms with Gasteiger partial charge in [0.25, 0.3) is 0 Å². The third-order valence-electron chi connectivity index (χ3n) is 3.35. The Hall–Kier alpha value is -1.58. The molecule has 2 nitrogen and oxygen atoms in total. The smallest absolute Gasteiger partial charge is 0.147 e. The first-order valence-electron chi connectivity index (χ1n) is 6.22. The maximum Gasteiger partial charge on any atom is 0.147 e. The predicted octanol–water partition coefficient (Wildman–Crippen LogP) is 4.19. The third-order valence-corrected chi connectivity index (χ3v) is 3.65. The number of hydrogen-bond donors (Lipinski definition) is 1. The predicted molar refractivity (Wildman–Crippen MR) is 77.9 cm³/mol. The van der Waals surface area contributed by atoms with Gasteiger partial charge in [-0.1, -0.05) is 23.7 Å². The molecule has 0 bridgehead atoms. The molecule has 20 heavy (non-hydrogen) atoms. The van der Waals surface area contributed by atoms with Crippen molar-refractivity contribution in [2.24, 2.45) is 0 Å². The molecule has 1 atom stereocenters. The van der Waals surface area contributed by atoms with E-state index in [2.05, 4.69) is 0 Å². The SMILES string of the molecule is COc1cc(C)c(C(O)c2cccc(Cl)c2F)cc1C. The number of hydrogen-bond acceptors (Lipinski definition) is 2. The number of rotatable bonds is 3. The number of ether oxygens (including phenoxy) is 1. The summed E-state index contributed by atoms with van der Waals surface area (Å²) in [6.07, 6.45) is -1.06. The van der Waals surface area contributed by atoms with Crippen LogP contribution in [0.25, 0.3) is 0 Å². The second-order valence-electron chi connectivity index (χ2n) is 4.72. The van der Waals surface area contributed by atoms with Gasteiger partial charge >= 0.3 is 0 Å². The van der Waals surface area contributed by atoms with E-state index in [4.69, 9.17) is 16.3 Å². The average Bonchev–Trinajstić information content (AvgIpc) is 2.43. The Morgan fingerprint density at radius 3 is 2.50 bits per heavy atom. The topological polar surface area (TPSA) is 29.5 Å². The van der Waals surface area contributed by atoms with Crippen molar-refractivity contribution in [1.82, 2.24) is 0 Å². The van der Waals surface area contributed by atoms with Gasteiger partial charge in [-0.05, 0) is 48.7 Å². The van der Waals surface area contributed by atoms with Crippen molar-refractivity contribution in [1.29, 1.82) is 0 Å². The third kappa shape index (κ3) is 2.65. The van der Waals surface area contributed by atoms with Crippen LogP contribution in [0.2, 0.25) is 5.02 Å². The monoisotopic (exact) mass is 294 g/mol. The summed E-state index contributed by atoms with van der Waals surface area (Å²) in [7, 11) is 1.59. The van der Waals surface area contributed by atoms with Crippen LogP contribution in [0.3, 0.4) is 0 Å². The maximum absolute atomic E-state index is 14.0. The lowest BCUT2D eigenvalue weighted by Gasteiger charge is -2.17. The van der Waals surface area contributed by atoms with E-state index in [-0.39, 0.29) is 10.6 Å². The highest BCUT2D eigenvalue weighted by atomic mass is 35.5. The second kappa shape index (κ2) is 5.81. The van der Waals surface area contributed by atoms with Crippen molar-refractivity contribution in [2.75, 3.05) is 7.11 Å². The zero-order chi connectivity index (χ0) is 14.9. The fourth-order valence-electron chi connectivity index (χ4n) is 2.23. The molecule has 0 fully saturated rings. The molecule has 2 rings (SSSR count). The van der Waals surface area contributed by atoms with Gasteiger partial charge in [-0.3, -0.25) is 0 Å². The summed E-state index contributed by atoms with van der Waals surface area (Å²) in [6, 6.07) is 8.25. The van der Waals surface area contributed by atoms with E-state index in [1.807, 2.05) is 19.9 Å². The second-order valence-corrected chi connectivity index (χ2v) is 5.13. The molecule has 0 amide bonds. The molecule has 0 aliphatic heterocycles. The molecule has 0 radical (unpaired) electrons. The molecule has 0 saturated heterocycles. The van der Waals surface area contributed by atoms with Gasteiger partial charge < -0.3 is 9.84 Å². The van der Waals surface area contributed by atoms with E-state index in [9.17, 15) is 9.50 Å². The van der Waals surface area contributed by atoms with Gasteiger partial charge in [-0.25, -0.2) is 4.39 Å². The Labute approximate surface area is 122 Å². The van der Waals surface area contributed by atoms with Crippen molar-refractivity contribution >= 4 is 11.6 Å². The van der Waals surface area contributed by atoms with Crippen LogP contribution in [0.5, 0.6) is 5.75 Å². The lowest BCUT2D eigenvalue weighted by molar-refractivity contribution is 0.214. The van der Waals surface area contributed by atoms with Crippen molar-refractivity contribution in [3.05, 3.63) is 63.4 Å². The highest BCUT2D eigenvalue weighted by Crippen LogP contribution is 2.32. The number of aliphatic hydroxyl groups excluding tert-OH is 1. The maximum atomic E-state index is 14.0. The zero-order valence-corrected chi connectivity index (χ0v) is 12.3. The van der Waals surface area contributed by atoms with Crippen molar-refractivity contribution in [2.45, 2.75) is 20.0 Å². The van der Waals surface area contributed by atoms with Crippen LogP contribution in [0.1, 0.15) is 28.4 Å². The Morgan fingerprint density at radius 1 is 1.15 bits per heavy atom. The minimum atomic E-state index is -1.06. The molecule has 0 spiro atoms. The molecule has 0 aromatic heterocycles. The molecular weight excluding hydrogens is 279 g/mol. The molecule has 2 aromatic carbocycles. The first-order chi connectivity index (χ1) is 9.45. The number of methoxy groups -OCH3 is 1. The Kier molecular flexibility index (Phi) is 4.31. The quantitative estimate of drug-likeness (QED) is 0.920. The van der Waals surface area contributed by atoms with E-state index < -0.39 is 11.9 Å². The van der Waals surface area contributed by atoms with Crippen LogP contribution in [0.4, 0.5) is 4.39 Å². The van der Waals surface area contributed by atoms with Crippen LogP contribution in [0.15, 0.2) is 30.3 Å².